The number of amides is 2. The summed E-state index contributed by atoms with van der Waals surface area (Å²) in [5.74, 6) is -1.65. The van der Waals surface area contributed by atoms with E-state index in [4.69, 9.17) is 4.74 Å². The number of carbonyl (C=O) groups is 2. The molecule has 2 aliphatic rings. The summed E-state index contributed by atoms with van der Waals surface area (Å²) in [6.07, 6.45) is 3.67. The van der Waals surface area contributed by atoms with Crippen molar-refractivity contribution >= 4 is 11.8 Å². The second-order valence-corrected chi connectivity index (χ2v) is 8.19. The van der Waals surface area contributed by atoms with Gasteiger partial charge in [0, 0.05) is 37.7 Å². The van der Waals surface area contributed by atoms with Crippen molar-refractivity contribution in [2.24, 2.45) is 5.92 Å². The van der Waals surface area contributed by atoms with E-state index in [1.54, 1.807) is 24.3 Å². The Bertz CT molecular complexity index is 939. The van der Waals surface area contributed by atoms with Gasteiger partial charge in [0.2, 0.25) is 0 Å². The maximum Gasteiger partial charge on any atom is 0.259 e. The van der Waals surface area contributed by atoms with E-state index in [0.29, 0.717) is 31.0 Å². The molecule has 2 saturated heterocycles. The number of likely N-dealkylation sites (tertiary alicyclic amines) is 2. The monoisotopic (exact) mass is 428 g/mol. The Morgan fingerprint density at radius 3 is 2.32 bits per heavy atom. The Kier molecular flexibility index (Phi) is 6.49. The molecule has 0 radical (unpaired) electrons. The molecule has 5 nitrogen and oxygen atoms in total. The molecule has 164 valence electrons. The molecular formula is C24H26F2N2O3. The third kappa shape index (κ3) is 4.86. The van der Waals surface area contributed by atoms with Crippen molar-refractivity contribution in [1.29, 1.82) is 0 Å². The summed E-state index contributed by atoms with van der Waals surface area (Å²) < 4.78 is 33.9. The highest BCUT2D eigenvalue weighted by Crippen LogP contribution is 2.23. The first-order valence-corrected chi connectivity index (χ1v) is 10.8. The zero-order chi connectivity index (χ0) is 21.8. The molecule has 2 aliphatic heterocycles. The van der Waals surface area contributed by atoms with E-state index in [9.17, 15) is 18.4 Å². The van der Waals surface area contributed by atoms with Crippen LogP contribution < -0.4 is 4.74 Å². The molecule has 7 heteroatoms. The normalized spacial score (nSPS) is 18.8. The van der Waals surface area contributed by atoms with Gasteiger partial charge in [0.15, 0.2) is 0 Å². The number of piperidine rings is 1. The number of benzene rings is 2. The highest BCUT2D eigenvalue weighted by Gasteiger charge is 2.28. The van der Waals surface area contributed by atoms with Crippen molar-refractivity contribution in [3.05, 3.63) is 65.2 Å². The zero-order valence-electron chi connectivity index (χ0n) is 17.4. The van der Waals surface area contributed by atoms with Gasteiger partial charge >= 0.3 is 0 Å². The van der Waals surface area contributed by atoms with Gasteiger partial charge in [-0.1, -0.05) is 12.1 Å². The third-order valence-electron chi connectivity index (χ3n) is 5.94. The summed E-state index contributed by atoms with van der Waals surface area (Å²) in [5, 5.41) is 0. The maximum atomic E-state index is 14.0. The molecule has 0 aromatic heterocycles. The molecule has 2 heterocycles. The quantitative estimate of drug-likeness (QED) is 0.720. The Balaban J connectivity index is 1.36. The summed E-state index contributed by atoms with van der Waals surface area (Å²) in [6.45, 7) is 2.78. The van der Waals surface area contributed by atoms with Crippen molar-refractivity contribution in [1.82, 2.24) is 9.80 Å². The molecule has 0 unspecified atom stereocenters. The SMILES string of the molecule is O=C(c1cccc(OC[C@@H]2CCCN(C(=O)c3c(F)cccc3F)C2)c1)N1CCCC1. The van der Waals surface area contributed by atoms with Crippen LogP contribution in [-0.2, 0) is 0 Å². The average molecular weight is 428 g/mol. The van der Waals surface area contributed by atoms with Gasteiger partial charge in [0.1, 0.15) is 22.9 Å². The van der Waals surface area contributed by atoms with Crippen LogP contribution in [0, 0.1) is 17.6 Å². The van der Waals surface area contributed by atoms with Gasteiger partial charge in [-0.25, -0.2) is 8.78 Å². The van der Waals surface area contributed by atoms with Crippen molar-refractivity contribution in [3.8, 4) is 5.75 Å². The first-order chi connectivity index (χ1) is 15.0. The maximum absolute atomic E-state index is 14.0. The molecule has 0 spiro atoms. The Morgan fingerprint density at radius 1 is 0.903 bits per heavy atom. The molecule has 2 aromatic rings. The van der Waals surface area contributed by atoms with Crippen LogP contribution in [-0.4, -0.2) is 54.4 Å². The molecule has 0 saturated carbocycles. The van der Waals surface area contributed by atoms with Crippen LogP contribution in [0.3, 0.4) is 0 Å². The lowest BCUT2D eigenvalue weighted by Gasteiger charge is -2.32. The molecule has 2 fully saturated rings. The number of hydrogen-bond acceptors (Lipinski definition) is 3. The van der Waals surface area contributed by atoms with Gasteiger partial charge < -0.3 is 14.5 Å². The minimum Gasteiger partial charge on any atom is -0.493 e. The number of ether oxygens (including phenoxy) is 1. The highest BCUT2D eigenvalue weighted by atomic mass is 19.1. The second-order valence-electron chi connectivity index (χ2n) is 8.19. The van der Waals surface area contributed by atoms with Crippen molar-refractivity contribution in [3.63, 3.8) is 0 Å². The van der Waals surface area contributed by atoms with Gasteiger partial charge in [-0.3, -0.25) is 9.59 Å². The fraction of sp³-hybridized carbons (Fsp3) is 0.417. The van der Waals surface area contributed by atoms with E-state index in [0.717, 1.165) is 50.9 Å². The lowest BCUT2D eigenvalue weighted by atomic mass is 9.98. The third-order valence-corrected chi connectivity index (χ3v) is 5.94. The van der Waals surface area contributed by atoms with Crippen LogP contribution in [0.5, 0.6) is 5.75 Å². The van der Waals surface area contributed by atoms with Crippen LogP contribution in [0.4, 0.5) is 8.78 Å². The van der Waals surface area contributed by atoms with E-state index in [1.165, 1.54) is 11.0 Å². The summed E-state index contributed by atoms with van der Waals surface area (Å²) in [6, 6.07) is 10.6. The Hall–Kier alpha value is -2.96. The van der Waals surface area contributed by atoms with Gasteiger partial charge in [0.05, 0.1) is 6.61 Å². The van der Waals surface area contributed by atoms with E-state index in [1.807, 2.05) is 4.90 Å². The van der Waals surface area contributed by atoms with E-state index in [-0.39, 0.29) is 11.8 Å². The lowest BCUT2D eigenvalue weighted by Crippen LogP contribution is -2.42. The largest absolute Gasteiger partial charge is 0.493 e. The predicted molar refractivity (Wildman–Crippen MR) is 112 cm³/mol. The van der Waals surface area contributed by atoms with Crippen LogP contribution in [0.1, 0.15) is 46.4 Å². The standard InChI is InChI=1S/C24H26F2N2O3/c25-20-9-4-10-21(26)22(20)24(30)28-13-5-6-17(15-28)16-31-19-8-3-7-18(14-19)23(29)27-11-1-2-12-27/h3-4,7-10,14,17H,1-2,5-6,11-13,15-16H2/t17-/m1/s1. The van der Waals surface area contributed by atoms with Gasteiger partial charge in [-0.15, -0.1) is 0 Å². The summed E-state index contributed by atoms with van der Waals surface area (Å²) in [5.41, 5.74) is 0.104. The second kappa shape index (κ2) is 9.45. The Morgan fingerprint density at radius 2 is 1.58 bits per heavy atom. The molecule has 2 aromatic carbocycles. The summed E-state index contributed by atoms with van der Waals surface area (Å²) >= 11 is 0. The number of nitrogens with zero attached hydrogens (tertiary/aromatic N) is 2. The molecule has 0 aliphatic carbocycles. The number of carbonyl (C=O) groups excluding carboxylic acids is 2. The van der Waals surface area contributed by atoms with E-state index in [2.05, 4.69) is 0 Å². The van der Waals surface area contributed by atoms with Crippen molar-refractivity contribution in [2.75, 3.05) is 32.8 Å². The zero-order valence-corrected chi connectivity index (χ0v) is 17.4. The molecule has 2 amide bonds. The fourth-order valence-electron chi connectivity index (χ4n) is 4.28. The molecule has 4 rings (SSSR count). The van der Waals surface area contributed by atoms with Gasteiger partial charge in [-0.05, 0) is 56.0 Å². The fourth-order valence-corrected chi connectivity index (χ4v) is 4.28. The minimum absolute atomic E-state index is 0.0179. The molecular weight excluding hydrogens is 402 g/mol. The summed E-state index contributed by atoms with van der Waals surface area (Å²) in [4.78, 5) is 28.6. The predicted octanol–water partition coefficient (Wildman–Crippen LogP) is 4.13. The molecule has 0 bridgehead atoms. The molecule has 31 heavy (non-hydrogen) atoms. The van der Waals surface area contributed by atoms with Crippen LogP contribution >= 0.6 is 0 Å². The molecule has 0 N–H and O–H groups in total. The first-order valence-electron chi connectivity index (χ1n) is 10.8. The van der Waals surface area contributed by atoms with E-state index < -0.39 is 23.1 Å². The number of halogens is 2. The average Bonchev–Trinajstić information content (AvgIpc) is 3.32. The van der Waals surface area contributed by atoms with Gasteiger partial charge in [-0.2, -0.15) is 0 Å². The lowest BCUT2D eigenvalue weighted by molar-refractivity contribution is 0.0623. The minimum atomic E-state index is -0.845. The summed E-state index contributed by atoms with van der Waals surface area (Å²) in [7, 11) is 0. The van der Waals surface area contributed by atoms with Crippen molar-refractivity contribution in [2.45, 2.75) is 25.7 Å². The Labute approximate surface area is 180 Å². The van der Waals surface area contributed by atoms with Crippen LogP contribution in [0.15, 0.2) is 42.5 Å². The topological polar surface area (TPSA) is 49.9 Å². The van der Waals surface area contributed by atoms with Gasteiger partial charge in [0.25, 0.3) is 11.8 Å². The molecule has 1 atom stereocenters. The number of hydrogen-bond donors (Lipinski definition) is 0. The van der Waals surface area contributed by atoms with Crippen LogP contribution in [0.2, 0.25) is 0 Å². The number of rotatable bonds is 5. The van der Waals surface area contributed by atoms with Crippen molar-refractivity contribution < 1.29 is 23.1 Å². The van der Waals surface area contributed by atoms with E-state index >= 15 is 0 Å². The first kappa shape index (κ1) is 21.3. The van der Waals surface area contributed by atoms with Crippen LogP contribution in [0.25, 0.3) is 0 Å². The highest BCUT2D eigenvalue weighted by molar-refractivity contribution is 5.95. The smallest absolute Gasteiger partial charge is 0.259 e.